The molecule has 9 nitrogen and oxygen atoms in total. The molecule has 1 aliphatic rings. The van der Waals surface area contributed by atoms with Crippen molar-refractivity contribution in [1.29, 1.82) is 0 Å². The van der Waals surface area contributed by atoms with Crippen LogP contribution in [0.5, 0.6) is 5.75 Å². The van der Waals surface area contributed by atoms with Crippen LogP contribution in [-0.4, -0.2) is 51.4 Å². The van der Waals surface area contributed by atoms with Crippen LogP contribution in [0.4, 0.5) is 5.69 Å². The Bertz CT molecular complexity index is 1710. The molecule has 0 bridgehead atoms. The highest BCUT2D eigenvalue weighted by molar-refractivity contribution is 5.97. The number of hydrogen-bond donors (Lipinski definition) is 2. The van der Waals surface area contributed by atoms with E-state index in [2.05, 4.69) is 35.2 Å². The molecule has 47 heavy (non-hydrogen) atoms. The Kier molecular flexibility index (Phi) is 10.8. The van der Waals surface area contributed by atoms with E-state index >= 15 is 0 Å². The molecule has 0 aliphatic heterocycles. The maximum Gasteiger partial charge on any atom is 0.323 e. The molecule has 0 fully saturated rings. The molecule has 1 aliphatic carbocycles. The van der Waals surface area contributed by atoms with E-state index in [-0.39, 0.29) is 18.9 Å². The fourth-order valence-corrected chi connectivity index (χ4v) is 5.72. The van der Waals surface area contributed by atoms with Gasteiger partial charge in [0.25, 0.3) is 5.91 Å². The van der Waals surface area contributed by atoms with Gasteiger partial charge in [0.2, 0.25) is 5.91 Å². The van der Waals surface area contributed by atoms with E-state index in [1.54, 1.807) is 43.5 Å². The molecule has 0 saturated heterocycles. The van der Waals surface area contributed by atoms with Crippen LogP contribution in [-0.2, 0) is 22.6 Å². The molecule has 1 aromatic heterocycles. The zero-order chi connectivity index (χ0) is 33.3. The number of amides is 2. The maximum atomic E-state index is 13.4. The SMILES string of the molecule is COc1ccc(CC(=O)Nc2ccc(C(=O)N(CC(=O)O)Cc3ccc(-c4ncc(C5=CCC(C(C)C)CC5)cn4)cc3)cc2)cc1. The predicted molar refractivity (Wildman–Crippen MR) is 182 cm³/mol. The first kappa shape index (κ1) is 33.1. The van der Waals surface area contributed by atoms with Crippen LogP contribution < -0.4 is 10.1 Å². The van der Waals surface area contributed by atoms with E-state index < -0.39 is 18.4 Å². The van der Waals surface area contributed by atoms with E-state index in [0.717, 1.165) is 41.0 Å². The lowest BCUT2D eigenvalue weighted by atomic mass is 9.81. The number of hydrogen-bond acceptors (Lipinski definition) is 6. The van der Waals surface area contributed by atoms with Gasteiger partial charge in [-0.15, -0.1) is 0 Å². The predicted octanol–water partition coefficient (Wildman–Crippen LogP) is 6.90. The van der Waals surface area contributed by atoms with Crippen molar-refractivity contribution in [2.75, 3.05) is 19.0 Å². The van der Waals surface area contributed by atoms with Gasteiger partial charge >= 0.3 is 5.97 Å². The zero-order valence-corrected chi connectivity index (χ0v) is 27.0. The van der Waals surface area contributed by atoms with Crippen molar-refractivity contribution in [2.24, 2.45) is 11.8 Å². The number of nitrogens with zero attached hydrogens (tertiary/aromatic N) is 3. The summed E-state index contributed by atoms with van der Waals surface area (Å²) in [5.74, 6) is 0.997. The first-order valence-electron chi connectivity index (χ1n) is 15.8. The van der Waals surface area contributed by atoms with Gasteiger partial charge < -0.3 is 20.1 Å². The summed E-state index contributed by atoms with van der Waals surface area (Å²) in [5.41, 5.74) is 5.65. The van der Waals surface area contributed by atoms with Crippen molar-refractivity contribution in [3.8, 4) is 17.1 Å². The summed E-state index contributed by atoms with van der Waals surface area (Å²) in [7, 11) is 1.58. The summed E-state index contributed by atoms with van der Waals surface area (Å²) >= 11 is 0. The second-order valence-corrected chi connectivity index (χ2v) is 12.2. The molecule has 5 rings (SSSR count). The molecular formula is C38H40N4O5. The smallest absolute Gasteiger partial charge is 0.323 e. The zero-order valence-electron chi connectivity index (χ0n) is 27.0. The van der Waals surface area contributed by atoms with Crippen molar-refractivity contribution in [1.82, 2.24) is 14.9 Å². The van der Waals surface area contributed by atoms with Gasteiger partial charge in [0.15, 0.2) is 5.82 Å². The molecule has 242 valence electrons. The Balaban J connectivity index is 1.19. The average molecular weight is 633 g/mol. The van der Waals surface area contributed by atoms with E-state index in [1.807, 2.05) is 48.8 Å². The lowest BCUT2D eigenvalue weighted by molar-refractivity contribution is -0.137. The molecule has 0 spiro atoms. The summed E-state index contributed by atoms with van der Waals surface area (Å²) in [4.78, 5) is 48.0. The first-order valence-corrected chi connectivity index (χ1v) is 15.8. The Hall–Kier alpha value is -5.31. The van der Waals surface area contributed by atoms with Crippen molar-refractivity contribution in [3.63, 3.8) is 0 Å². The number of ether oxygens (including phenoxy) is 1. The van der Waals surface area contributed by atoms with Crippen LogP contribution in [0.25, 0.3) is 17.0 Å². The molecule has 2 N–H and O–H groups in total. The topological polar surface area (TPSA) is 122 Å². The third kappa shape index (κ3) is 8.91. The monoisotopic (exact) mass is 632 g/mol. The van der Waals surface area contributed by atoms with E-state index in [0.29, 0.717) is 28.7 Å². The van der Waals surface area contributed by atoms with Crippen molar-refractivity contribution < 1.29 is 24.2 Å². The Morgan fingerprint density at radius 3 is 2.15 bits per heavy atom. The van der Waals surface area contributed by atoms with Crippen molar-refractivity contribution >= 4 is 29.0 Å². The number of carbonyl (C=O) groups is 3. The van der Waals surface area contributed by atoms with Crippen molar-refractivity contribution in [2.45, 2.75) is 46.1 Å². The fourth-order valence-electron chi connectivity index (χ4n) is 5.72. The minimum atomic E-state index is -1.11. The number of carboxylic acids is 1. The number of benzene rings is 3. The number of rotatable bonds is 12. The number of aromatic nitrogens is 2. The molecule has 0 saturated carbocycles. The highest BCUT2D eigenvalue weighted by Crippen LogP contribution is 2.33. The summed E-state index contributed by atoms with van der Waals surface area (Å²) in [6.07, 6.45) is 9.58. The van der Waals surface area contributed by atoms with Gasteiger partial charge in [-0.2, -0.15) is 0 Å². The molecule has 4 aromatic rings. The number of carbonyl (C=O) groups excluding carboxylic acids is 2. The number of methoxy groups -OCH3 is 1. The summed E-state index contributed by atoms with van der Waals surface area (Å²) in [6.45, 7) is 4.21. The highest BCUT2D eigenvalue weighted by atomic mass is 16.5. The number of carboxylic acid groups (broad SMARTS) is 1. The van der Waals surface area contributed by atoms with Gasteiger partial charge in [-0.05, 0) is 84.2 Å². The lowest BCUT2D eigenvalue weighted by Gasteiger charge is -2.24. The number of anilines is 1. The summed E-state index contributed by atoms with van der Waals surface area (Å²) in [5, 5.41) is 12.4. The summed E-state index contributed by atoms with van der Waals surface area (Å²) < 4.78 is 5.15. The fraction of sp³-hybridized carbons (Fsp3) is 0.289. The first-order chi connectivity index (χ1) is 22.7. The van der Waals surface area contributed by atoms with E-state index in [4.69, 9.17) is 4.74 Å². The minimum absolute atomic E-state index is 0.108. The van der Waals surface area contributed by atoms with Crippen LogP contribution in [0, 0.1) is 11.8 Å². The van der Waals surface area contributed by atoms with E-state index in [9.17, 15) is 19.5 Å². The maximum absolute atomic E-state index is 13.4. The molecule has 9 heteroatoms. The third-order valence-corrected chi connectivity index (χ3v) is 8.56. The molecule has 1 heterocycles. The van der Waals surface area contributed by atoms with Crippen LogP contribution in [0.2, 0.25) is 0 Å². The standard InChI is InChI=1S/C38H40N4O5/c1-25(2)28-10-12-29(13-11-28)32-21-39-37(40-22-32)30-8-4-27(5-9-30)23-42(24-36(44)45)38(46)31-14-16-33(17-15-31)41-35(43)20-26-6-18-34(47-3)19-7-26/h4-9,12,14-19,21-22,25,28H,10-11,13,20,23-24H2,1-3H3,(H,41,43)(H,44,45). The third-order valence-electron chi connectivity index (χ3n) is 8.56. The van der Waals surface area contributed by atoms with Gasteiger partial charge in [-0.3, -0.25) is 14.4 Å². The van der Waals surface area contributed by atoms with Gasteiger partial charge in [0.05, 0.1) is 13.5 Å². The molecule has 3 aromatic carbocycles. The molecule has 0 radical (unpaired) electrons. The van der Waals surface area contributed by atoms with Crippen molar-refractivity contribution in [3.05, 3.63) is 114 Å². The number of nitrogens with one attached hydrogen (secondary N) is 1. The number of aliphatic carboxylic acids is 1. The second-order valence-electron chi connectivity index (χ2n) is 12.2. The van der Waals surface area contributed by atoms with Crippen LogP contribution in [0.1, 0.15) is 60.2 Å². The lowest BCUT2D eigenvalue weighted by Crippen LogP contribution is -2.35. The second kappa shape index (κ2) is 15.3. The summed E-state index contributed by atoms with van der Waals surface area (Å²) in [6, 6.07) is 21.1. The van der Waals surface area contributed by atoms with Gasteiger partial charge in [0, 0.05) is 41.3 Å². The Labute approximate surface area is 275 Å². The molecule has 1 unspecified atom stereocenters. The minimum Gasteiger partial charge on any atom is -0.497 e. The average Bonchev–Trinajstić information content (AvgIpc) is 3.08. The number of allylic oxidation sites excluding steroid dienone is 2. The van der Waals surface area contributed by atoms with Gasteiger partial charge in [0.1, 0.15) is 12.3 Å². The normalized spacial score (nSPS) is 14.3. The molecular weight excluding hydrogens is 592 g/mol. The van der Waals surface area contributed by atoms with Crippen LogP contribution >= 0.6 is 0 Å². The van der Waals surface area contributed by atoms with Gasteiger partial charge in [-0.1, -0.05) is 56.3 Å². The van der Waals surface area contributed by atoms with Gasteiger partial charge in [-0.25, -0.2) is 9.97 Å². The molecule has 2 amide bonds. The largest absolute Gasteiger partial charge is 0.497 e. The Morgan fingerprint density at radius 2 is 1.57 bits per heavy atom. The quantitative estimate of drug-likeness (QED) is 0.174. The van der Waals surface area contributed by atoms with E-state index in [1.165, 1.54) is 16.9 Å². The molecule has 1 atom stereocenters. The van der Waals surface area contributed by atoms with Crippen LogP contribution in [0.3, 0.4) is 0 Å². The highest BCUT2D eigenvalue weighted by Gasteiger charge is 2.20. The Morgan fingerprint density at radius 1 is 0.915 bits per heavy atom. The van der Waals surface area contributed by atoms with Crippen LogP contribution in [0.15, 0.2) is 91.3 Å².